The molecule has 0 heterocycles. The van der Waals surface area contributed by atoms with Crippen molar-refractivity contribution in [2.24, 2.45) is 0 Å². The molecule has 1 radical (unpaired) electrons. The molecule has 0 aliphatic rings. The maximum absolute atomic E-state index is 7.04. The van der Waals surface area contributed by atoms with Gasteiger partial charge in [0.1, 0.15) is 0 Å². The first-order valence-electron chi connectivity index (χ1n) is 5.09. The molecule has 0 aromatic heterocycles. The van der Waals surface area contributed by atoms with Crippen molar-refractivity contribution in [3.63, 3.8) is 0 Å². The summed E-state index contributed by atoms with van der Waals surface area (Å²) in [6.45, 7) is 12.0. The fourth-order valence-corrected chi connectivity index (χ4v) is 0.334. The standard InChI is InChI=1S/C5H11N2.C5H.C3H9P.Co/c1-4-7(3)5(2)6;1-2-4-5-3-1;1-4(2)3;/h5-7H,1H2,2-3H3;1H;1-3H3;/q-1;-5;;/p+1. The van der Waals surface area contributed by atoms with Crippen LogP contribution in [-0.2, 0) is 16.8 Å². The van der Waals surface area contributed by atoms with Crippen LogP contribution in [-0.4, -0.2) is 33.2 Å². The zero-order chi connectivity index (χ0) is 13.0. The monoisotopic (exact) mass is 296 g/mol. The van der Waals surface area contributed by atoms with Crippen LogP contribution in [0.15, 0.2) is 12.6 Å². The van der Waals surface area contributed by atoms with Crippen LogP contribution in [0.5, 0.6) is 0 Å². The first-order valence-corrected chi connectivity index (χ1v) is 8.09. The van der Waals surface area contributed by atoms with Gasteiger partial charge in [0, 0.05) is 43.8 Å². The number of rotatable bonds is 2. The van der Waals surface area contributed by atoms with E-state index in [4.69, 9.17) is 5.73 Å². The number of quaternary nitrogens is 1. The second-order valence-electron chi connectivity index (χ2n) is 3.76. The van der Waals surface area contributed by atoms with Gasteiger partial charge in [0.2, 0.25) is 0 Å². The van der Waals surface area contributed by atoms with E-state index in [0.717, 1.165) is 4.90 Å². The largest absolute Gasteiger partial charge is 0.999 e. The molecule has 103 valence electrons. The van der Waals surface area contributed by atoms with E-state index in [9.17, 15) is 0 Å². The van der Waals surface area contributed by atoms with Crippen molar-refractivity contribution in [1.29, 1.82) is 0 Å². The Morgan fingerprint density at radius 2 is 1.65 bits per heavy atom. The van der Waals surface area contributed by atoms with Gasteiger partial charge in [0.05, 0.1) is 0 Å². The average molecular weight is 296 g/mol. The molecule has 0 saturated carbocycles. The van der Waals surface area contributed by atoms with Crippen LogP contribution in [0.4, 0.5) is 0 Å². The molecule has 0 fully saturated rings. The van der Waals surface area contributed by atoms with Crippen molar-refractivity contribution in [3.8, 4) is 0 Å². The molecule has 2 nitrogen and oxygen atoms in total. The molecule has 2 unspecified atom stereocenters. The molecule has 0 aliphatic carbocycles. The van der Waals surface area contributed by atoms with Crippen LogP contribution >= 0.6 is 7.92 Å². The predicted octanol–water partition coefficient (Wildman–Crippen LogP) is 1.54. The molecule has 2 atom stereocenters. The van der Waals surface area contributed by atoms with Gasteiger partial charge >= 0.3 is 0 Å². The molecule has 4 heteroatoms. The molecule has 2 N–H and O–H groups in total. The van der Waals surface area contributed by atoms with Crippen LogP contribution in [0.2, 0.25) is 0 Å². The maximum Gasteiger partial charge on any atom is 0.0461 e. The zero-order valence-corrected chi connectivity index (χ0v) is 13.2. The Kier molecular flexibility index (Phi) is 20.8. The first kappa shape index (κ1) is 22.2. The zero-order valence-electron chi connectivity index (χ0n) is 11.2. The van der Waals surface area contributed by atoms with E-state index >= 15 is 0 Å². The Balaban J connectivity index is -0.000000175. The molecule has 1 aromatic carbocycles. The average Bonchev–Trinajstić information content (AvgIpc) is 2.73. The summed E-state index contributed by atoms with van der Waals surface area (Å²) in [5, 5.41) is 0. The van der Waals surface area contributed by atoms with Crippen LogP contribution in [0.25, 0.3) is 5.73 Å². The first-order chi connectivity index (χ1) is 7.41. The summed E-state index contributed by atoms with van der Waals surface area (Å²) >= 11 is 0. The minimum absolute atomic E-state index is 0. The van der Waals surface area contributed by atoms with E-state index in [1.165, 1.54) is 0 Å². The third-order valence-corrected chi connectivity index (χ3v) is 1.28. The van der Waals surface area contributed by atoms with Crippen LogP contribution in [0.3, 0.4) is 0 Å². The molecule has 1 aromatic rings. The van der Waals surface area contributed by atoms with Crippen LogP contribution in [0.1, 0.15) is 6.92 Å². The summed E-state index contributed by atoms with van der Waals surface area (Å²) in [7, 11) is 1.97. The van der Waals surface area contributed by atoms with E-state index in [2.05, 4.69) is 57.0 Å². The Labute approximate surface area is 119 Å². The van der Waals surface area contributed by atoms with Gasteiger partial charge in [0.25, 0.3) is 0 Å². The Morgan fingerprint density at radius 3 is 1.71 bits per heavy atom. The fourth-order valence-electron chi connectivity index (χ4n) is 0.334. The fraction of sp³-hybridized carbons (Fsp3) is 0.462. The van der Waals surface area contributed by atoms with E-state index in [1.54, 1.807) is 13.0 Å². The van der Waals surface area contributed by atoms with Gasteiger partial charge in [-0.05, 0) is 21.0 Å². The topological polar surface area (TPSA) is 28.2 Å². The third-order valence-electron chi connectivity index (χ3n) is 1.28. The van der Waals surface area contributed by atoms with Gasteiger partial charge in [-0.1, -0.05) is 0 Å². The van der Waals surface area contributed by atoms with Gasteiger partial charge in [-0.3, -0.25) is 6.20 Å². The molecule has 0 spiro atoms. The Morgan fingerprint density at radius 1 is 1.29 bits per heavy atom. The van der Waals surface area contributed by atoms with E-state index in [-0.39, 0.29) is 30.9 Å². The summed E-state index contributed by atoms with van der Waals surface area (Å²) in [6, 6.07) is 12.0. The predicted molar refractivity (Wildman–Crippen MR) is 73.0 cm³/mol. The number of nitrogens with one attached hydrogen (secondary N) is 2. The SMILES string of the molecule is C=[C-][NH+](C)C(C)[NH-].C[PH+](C)C.[Co].[c-]1[c-][c-][cH-][c-]1. The molecule has 0 aliphatic heterocycles. The van der Waals surface area contributed by atoms with Crippen molar-refractivity contribution in [3.05, 3.63) is 48.8 Å². The molecule has 0 bridgehead atoms. The van der Waals surface area contributed by atoms with Gasteiger partial charge in [0.15, 0.2) is 0 Å². The van der Waals surface area contributed by atoms with Crippen molar-refractivity contribution in [2.45, 2.75) is 13.1 Å². The van der Waals surface area contributed by atoms with E-state index in [0.29, 0.717) is 0 Å². The van der Waals surface area contributed by atoms with Crippen molar-refractivity contribution in [2.75, 3.05) is 27.0 Å². The van der Waals surface area contributed by atoms with E-state index < -0.39 is 0 Å². The third kappa shape index (κ3) is 25.9. The molecule has 0 amide bonds. The van der Waals surface area contributed by atoms with Gasteiger partial charge in [-0.2, -0.15) is 0 Å². The number of hydrogen-bond acceptors (Lipinski definition) is 0. The van der Waals surface area contributed by atoms with Crippen molar-refractivity contribution >= 4 is 7.92 Å². The smallest absolute Gasteiger partial charge is 0.0461 e. The van der Waals surface area contributed by atoms with Crippen LogP contribution in [0, 0.1) is 30.5 Å². The Bertz CT molecular complexity index is 203. The summed E-state index contributed by atoms with van der Waals surface area (Å²) in [5.41, 5.74) is 7.04. The second kappa shape index (κ2) is 15.9. The van der Waals surface area contributed by atoms with Gasteiger partial charge in [-0.15, -0.1) is 0 Å². The summed E-state index contributed by atoms with van der Waals surface area (Å²) in [6.07, 6.45) is 2.50. The molecular weight excluding hydrogens is 274 g/mol. The van der Waals surface area contributed by atoms with Gasteiger partial charge in [-0.25, -0.2) is 6.58 Å². The van der Waals surface area contributed by atoms with Gasteiger partial charge < -0.3 is 41.0 Å². The second-order valence-corrected chi connectivity index (χ2v) is 6.76. The normalized spacial score (nSPS) is 11.9. The minimum Gasteiger partial charge on any atom is -0.999 e. The quantitative estimate of drug-likeness (QED) is 0.633. The summed E-state index contributed by atoms with van der Waals surface area (Å²) < 4.78 is 0. The van der Waals surface area contributed by atoms with Crippen molar-refractivity contribution < 1.29 is 21.7 Å². The number of hydrogen-bond donors (Lipinski definition) is 1. The summed E-state index contributed by atoms with van der Waals surface area (Å²) in [5.74, 6) is 0. The van der Waals surface area contributed by atoms with E-state index in [1.807, 2.05) is 7.05 Å². The molecule has 1 rings (SSSR count). The molecular formula is C13H22CoN2P-5. The molecule has 0 saturated heterocycles. The van der Waals surface area contributed by atoms with Crippen molar-refractivity contribution in [1.82, 2.24) is 0 Å². The maximum atomic E-state index is 7.04. The Hall–Kier alpha value is -0.0535. The molecule has 17 heavy (non-hydrogen) atoms. The summed E-state index contributed by atoms with van der Waals surface area (Å²) in [4.78, 5) is 0.903. The van der Waals surface area contributed by atoms with Crippen LogP contribution < -0.4 is 4.90 Å². The minimum atomic E-state index is -0.141.